The standard InChI is InChI=1S/C12H8Cl2FN3O/c13-8-4-6(15)5-9(14)10(8)18-12(19)7-2-1-3-17-11(7)16/h1-5H,(H2,16,17)(H,18,19). The summed E-state index contributed by atoms with van der Waals surface area (Å²) < 4.78 is 13.0. The van der Waals surface area contributed by atoms with Crippen molar-refractivity contribution in [3.63, 3.8) is 0 Å². The predicted octanol–water partition coefficient (Wildman–Crippen LogP) is 3.36. The van der Waals surface area contributed by atoms with Crippen molar-refractivity contribution in [2.24, 2.45) is 0 Å². The van der Waals surface area contributed by atoms with Gasteiger partial charge in [-0.05, 0) is 24.3 Å². The van der Waals surface area contributed by atoms with Gasteiger partial charge in [0.05, 0.1) is 21.3 Å². The Morgan fingerprint density at radius 1 is 1.32 bits per heavy atom. The molecule has 0 fully saturated rings. The van der Waals surface area contributed by atoms with Crippen LogP contribution in [0.1, 0.15) is 10.4 Å². The normalized spacial score (nSPS) is 10.3. The highest BCUT2D eigenvalue weighted by Crippen LogP contribution is 2.31. The van der Waals surface area contributed by atoms with Crippen LogP contribution >= 0.6 is 23.2 Å². The van der Waals surface area contributed by atoms with E-state index < -0.39 is 11.7 Å². The molecular weight excluding hydrogens is 292 g/mol. The molecule has 0 saturated heterocycles. The van der Waals surface area contributed by atoms with Crippen LogP contribution in [0.2, 0.25) is 10.0 Å². The summed E-state index contributed by atoms with van der Waals surface area (Å²) in [4.78, 5) is 15.8. The van der Waals surface area contributed by atoms with E-state index in [-0.39, 0.29) is 27.1 Å². The van der Waals surface area contributed by atoms with Gasteiger partial charge in [-0.1, -0.05) is 23.2 Å². The number of anilines is 2. The highest BCUT2D eigenvalue weighted by atomic mass is 35.5. The third-order valence-electron chi connectivity index (χ3n) is 2.33. The molecular formula is C12H8Cl2FN3O. The second kappa shape index (κ2) is 5.42. The van der Waals surface area contributed by atoms with Crippen molar-refractivity contribution in [2.75, 3.05) is 11.1 Å². The summed E-state index contributed by atoms with van der Waals surface area (Å²) in [5.41, 5.74) is 5.88. The molecule has 0 unspecified atom stereocenters. The SMILES string of the molecule is Nc1ncccc1C(=O)Nc1c(Cl)cc(F)cc1Cl. The molecule has 2 aromatic rings. The van der Waals surface area contributed by atoms with Crippen LogP contribution < -0.4 is 11.1 Å². The van der Waals surface area contributed by atoms with Crippen molar-refractivity contribution in [3.05, 3.63) is 51.9 Å². The van der Waals surface area contributed by atoms with Crippen molar-refractivity contribution in [1.29, 1.82) is 0 Å². The summed E-state index contributed by atoms with van der Waals surface area (Å²) in [5, 5.41) is 2.47. The van der Waals surface area contributed by atoms with E-state index in [2.05, 4.69) is 10.3 Å². The first-order chi connectivity index (χ1) is 8.99. The fourth-order valence-corrected chi connectivity index (χ4v) is 2.01. The van der Waals surface area contributed by atoms with E-state index in [0.29, 0.717) is 0 Å². The maximum Gasteiger partial charge on any atom is 0.259 e. The van der Waals surface area contributed by atoms with Gasteiger partial charge in [0.15, 0.2) is 0 Å². The molecule has 3 N–H and O–H groups in total. The van der Waals surface area contributed by atoms with Gasteiger partial charge in [-0.25, -0.2) is 9.37 Å². The van der Waals surface area contributed by atoms with Crippen LogP contribution in [0.25, 0.3) is 0 Å². The molecule has 0 aliphatic heterocycles. The number of carbonyl (C=O) groups is 1. The first kappa shape index (κ1) is 13.6. The van der Waals surface area contributed by atoms with Gasteiger partial charge in [0.1, 0.15) is 11.6 Å². The van der Waals surface area contributed by atoms with Crippen molar-refractivity contribution < 1.29 is 9.18 Å². The Morgan fingerprint density at radius 2 is 1.95 bits per heavy atom. The van der Waals surface area contributed by atoms with Crippen LogP contribution in [-0.4, -0.2) is 10.9 Å². The molecule has 98 valence electrons. The van der Waals surface area contributed by atoms with Gasteiger partial charge < -0.3 is 11.1 Å². The second-order valence-corrected chi connectivity index (χ2v) is 4.45. The number of nitrogen functional groups attached to an aromatic ring is 1. The van der Waals surface area contributed by atoms with E-state index in [1.165, 1.54) is 12.3 Å². The first-order valence-electron chi connectivity index (χ1n) is 5.15. The largest absolute Gasteiger partial charge is 0.383 e. The van der Waals surface area contributed by atoms with E-state index in [4.69, 9.17) is 28.9 Å². The highest BCUT2D eigenvalue weighted by Gasteiger charge is 2.15. The van der Waals surface area contributed by atoms with E-state index in [0.717, 1.165) is 12.1 Å². The van der Waals surface area contributed by atoms with Crippen LogP contribution in [0.5, 0.6) is 0 Å². The Balaban J connectivity index is 2.32. The molecule has 1 amide bonds. The van der Waals surface area contributed by atoms with Crippen LogP contribution in [0.15, 0.2) is 30.5 Å². The first-order valence-corrected chi connectivity index (χ1v) is 5.91. The fourth-order valence-electron chi connectivity index (χ4n) is 1.45. The van der Waals surface area contributed by atoms with Crippen LogP contribution in [0.3, 0.4) is 0 Å². The van der Waals surface area contributed by atoms with E-state index in [1.54, 1.807) is 6.07 Å². The molecule has 0 bridgehead atoms. The van der Waals surface area contributed by atoms with Gasteiger partial charge in [-0.2, -0.15) is 0 Å². The molecule has 1 aromatic heterocycles. The number of hydrogen-bond donors (Lipinski definition) is 2. The van der Waals surface area contributed by atoms with Gasteiger partial charge in [0.25, 0.3) is 5.91 Å². The van der Waals surface area contributed by atoms with Gasteiger partial charge in [-0.15, -0.1) is 0 Å². The maximum atomic E-state index is 13.0. The van der Waals surface area contributed by atoms with Crippen molar-refractivity contribution in [2.45, 2.75) is 0 Å². The average molecular weight is 300 g/mol. The number of nitrogens with two attached hydrogens (primary N) is 1. The third-order valence-corrected chi connectivity index (χ3v) is 2.92. The summed E-state index contributed by atoms with van der Waals surface area (Å²) in [6, 6.07) is 5.17. The molecule has 0 atom stereocenters. The molecule has 2 rings (SSSR count). The monoisotopic (exact) mass is 299 g/mol. The number of amides is 1. The zero-order valence-corrected chi connectivity index (χ0v) is 11.0. The molecule has 19 heavy (non-hydrogen) atoms. The van der Waals surface area contributed by atoms with Gasteiger partial charge >= 0.3 is 0 Å². The molecule has 4 nitrogen and oxygen atoms in total. The number of halogens is 3. The molecule has 7 heteroatoms. The lowest BCUT2D eigenvalue weighted by molar-refractivity contribution is 0.102. The lowest BCUT2D eigenvalue weighted by Crippen LogP contribution is -2.15. The summed E-state index contributed by atoms with van der Waals surface area (Å²) in [5.74, 6) is -1.04. The van der Waals surface area contributed by atoms with Crippen LogP contribution in [-0.2, 0) is 0 Å². The van der Waals surface area contributed by atoms with E-state index in [1.807, 2.05) is 0 Å². The highest BCUT2D eigenvalue weighted by molar-refractivity contribution is 6.40. The minimum Gasteiger partial charge on any atom is -0.383 e. The van der Waals surface area contributed by atoms with Crippen molar-refractivity contribution in [1.82, 2.24) is 4.98 Å². The van der Waals surface area contributed by atoms with Crippen molar-refractivity contribution >= 4 is 40.6 Å². The third kappa shape index (κ3) is 2.94. The molecule has 0 aliphatic rings. The lowest BCUT2D eigenvalue weighted by Gasteiger charge is -2.10. The minimum absolute atomic E-state index is 0.000752. The number of carbonyl (C=O) groups excluding carboxylic acids is 1. The van der Waals surface area contributed by atoms with Crippen molar-refractivity contribution in [3.8, 4) is 0 Å². The number of pyridine rings is 1. The summed E-state index contributed by atoms with van der Waals surface area (Å²) in [6.45, 7) is 0. The van der Waals surface area contributed by atoms with Crippen LogP contribution in [0.4, 0.5) is 15.9 Å². The summed E-state index contributed by atoms with van der Waals surface area (Å²) in [7, 11) is 0. The Bertz CT molecular complexity index is 626. The Labute approximate surface area is 118 Å². The molecule has 0 aliphatic carbocycles. The quantitative estimate of drug-likeness (QED) is 0.893. The average Bonchev–Trinajstić information content (AvgIpc) is 2.34. The fraction of sp³-hybridized carbons (Fsp3) is 0. The molecule has 0 spiro atoms. The number of benzene rings is 1. The van der Waals surface area contributed by atoms with Gasteiger partial charge in [0, 0.05) is 6.20 Å². The Morgan fingerprint density at radius 3 is 2.53 bits per heavy atom. The maximum absolute atomic E-state index is 13.0. The Kier molecular flexibility index (Phi) is 3.87. The van der Waals surface area contributed by atoms with Gasteiger partial charge in [-0.3, -0.25) is 4.79 Å². The molecule has 1 heterocycles. The molecule has 0 radical (unpaired) electrons. The predicted molar refractivity (Wildman–Crippen MR) is 73.0 cm³/mol. The number of rotatable bonds is 2. The number of nitrogens with zero attached hydrogens (tertiary/aromatic N) is 1. The van der Waals surface area contributed by atoms with Gasteiger partial charge in [0.2, 0.25) is 0 Å². The van der Waals surface area contributed by atoms with Crippen LogP contribution in [0, 0.1) is 5.82 Å². The zero-order valence-electron chi connectivity index (χ0n) is 9.45. The minimum atomic E-state index is -0.589. The molecule has 0 saturated carbocycles. The lowest BCUT2D eigenvalue weighted by atomic mass is 10.2. The number of aromatic nitrogens is 1. The summed E-state index contributed by atoms with van der Waals surface area (Å²) in [6.07, 6.45) is 1.46. The topological polar surface area (TPSA) is 68.0 Å². The smallest absolute Gasteiger partial charge is 0.259 e. The zero-order chi connectivity index (χ0) is 14.0. The second-order valence-electron chi connectivity index (χ2n) is 3.63. The van der Waals surface area contributed by atoms with E-state index >= 15 is 0 Å². The number of hydrogen-bond acceptors (Lipinski definition) is 3. The number of nitrogens with one attached hydrogen (secondary N) is 1. The Hall–Kier alpha value is -1.85. The van der Waals surface area contributed by atoms with E-state index in [9.17, 15) is 9.18 Å². The summed E-state index contributed by atoms with van der Waals surface area (Å²) >= 11 is 11.6. The molecule has 1 aromatic carbocycles.